The molecule has 0 fully saturated rings. The van der Waals surface area contributed by atoms with Crippen molar-refractivity contribution >= 4 is 11.7 Å². The lowest BCUT2D eigenvalue weighted by molar-refractivity contribution is -0.136. The van der Waals surface area contributed by atoms with E-state index in [0.29, 0.717) is 0 Å². The molecule has 0 heterocycles. The first-order chi connectivity index (χ1) is 14.2. The van der Waals surface area contributed by atoms with Gasteiger partial charge in [0.25, 0.3) is 0 Å². The quantitative estimate of drug-likeness (QED) is 0.217. The lowest BCUT2D eigenvalue weighted by Gasteiger charge is -2.10. The Labute approximate surface area is 179 Å². The number of nitrogens with one attached hydrogen (secondary N) is 1. The predicted molar refractivity (Wildman–Crippen MR) is 126 cm³/mol. The smallest absolute Gasteiger partial charge is 0.307 e. The first kappa shape index (κ1) is 25.5. The molecule has 1 rings (SSSR count). The normalized spacial score (nSPS) is 10.9. The number of hydrogen-bond donors (Lipinski definition) is 2. The van der Waals surface area contributed by atoms with Gasteiger partial charge in [0.15, 0.2) is 0 Å². The molecular weight excluding hydrogens is 358 g/mol. The van der Waals surface area contributed by atoms with Crippen LogP contribution in [0.1, 0.15) is 115 Å². The fraction of sp³-hybridized carbons (Fsp3) is 0.731. The van der Waals surface area contributed by atoms with E-state index in [1.165, 1.54) is 96.3 Å². The molecule has 2 N–H and O–H groups in total. The van der Waals surface area contributed by atoms with E-state index >= 15 is 0 Å². The van der Waals surface area contributed by atoms with Gasteiger partial charge >= 0.3 is 5.97 Å². The standard InChI is InChI=1S/C26H45NO2/c1-2-3-4-5-6-7-8-9-10-11-12-13-14-15-16-19-22-27-25-21-18-17-20-24(25)23-26(28)29/h17-18,20-21,27H,2-16,19,22-23H2,1H3,(H,28,29). The van der Waals surface area contributed by atoms with Crippen LogP contribution in [0.15, 0.2) is 24.3 Å². The van der Waals surface area contributed by atoms with E-state index in [2.05, 4.69) is 12.2 Å². The van der Waals surface area contributed by atoms with Gasteiger partial charge in [-0.3, -0.25) is 4.79 Å². The topological polar surface area (TPSA) is 49.3 Å². The van der Waals surface area contributed by atoms with E-state index in [9.17, 15) is 4.79 Å². The summed E-state index contributed by atoms with van der Waals surface area (Å²) in [6.07, 6.45) is 22.2. The molecule has 0 aliphatic heterocycles. The molecule has 0 saturated carbocycles. The van der Waals surface area contributed by atoms with E-state index in [-0.39, 0.29) is 6.42 Å². The van der Waals surface area contributed by atoms with E-state index < -0.39 is 5.97 Å². The minimum absolute atomic E-state index is 0.0854. The summed E-state index contributed by atoms with van der Waals surface area (Å²) in [5.41, 5.74) is 1.84. The maximum Gasteiger partial charge on any atom is 0.307 e. The molecule has 3 heteroatoms. The van der Waals surface area contributed by atoms with Gasteiger partial charge in [-0.05, 0) is 18.1 Å². The largest absolute Gasteiger partial charge is 0.481 e. The summed E-state index contributed by atoms with van der Waals surface area (Å²) in [6, 6.07) is 7.73. The molecule has 0 unspecified atom stereocenters. The van der Waals surface area contributed by atoms with Crippen molar-refractivity contribution in [3.8, 4) is 0 Å². The third kappa shape index (κ3) is 15.1. The van der Waals surface area contributed by atoms with E-state index in [0.717, 1.165) is 24.2 Å². The maximum absolute atomic E-state index is 10.9. The van der Waals surface area contributed by atoms with Crippen LogP contribution in [0, 0.1) is 0 Å². The highest BCUT2D eigenvalue weighted by Gasteiger charge is 2.05. The van der Waals surface area contributed by atoms with Crippen molar-refractivity contribution < 1.29 is 9.90 Å². The number of anilines is 1. The fourth-order valence-corrected chi connectivity index (χ4v) is 3.91. The minimum Gasteiger partial charge on any atom is -0.481 e. The zero-order valence-electron chi connectivity index (χ0n) is 18.9. The van der Waals surface area contributed by atoms with E-state index in [4.69, 9.17) is 5.11 Å². The Morgan fingerprint density at radius 3 is 1.66 bits per heavy atom. The van der Waals surface area contributed by atoms with Crippen LogP contribution < -0.4 is 5.32 Å². The van der Waals surface area contributed by atoms with Crippen LogP contribution in [-0.4, -0.2) is 17.6 Å². The van der Waals surface area contributed by atoms with Crippen LogP contribution in [0.2, 0.25) is 0 Å². The summed E-state index contributed by atoms with van der Waals surface area (Å²) >= 11 is 0. The van der Waals surface area contributed by atoms with Crippen LogP contribution in [0.25, 0.3) is 0 Å². The number of aliphatic carboxylic acids is 1. The summed E-state index contributed by atoms with van der Waals surface area (Å²) < 4.78 is 0. The summed E-state index contributed by atoms with van der Waals surface area (Å²) in [6.45, 7) is 3.21. The highest BCUT2D eigenvalue weighted by Crippen LogP contribution is 2.17. The molecule has 3 nitrogen and oxygen atoms in total. The van der Waals surface area contributed by atoms with Crippen molar-refractivity contribution in [1.29, 1.82) is 0 Å². The molecule has 0 aliphatic rings. The Morgan fingerprint density at radius 2 is 1.17 bits per heavy atom. The van der Waals surface area contributed by atoms with Crippen molar-refractivity contribution in [3.05, 3.63) is 29.8 Å². The fourth-order valence-electron chi connectivity index (χ4n) is 3.91. The molecule has 0 aromatic heterocycles. The minimum atomic E-state index is -0.776. The Bertz CT molecular complexity index is 515. The molecule has 1 aromatic rings. The zero-order chi connectivity index (χ0) is 21.0. The SMILES string of the molecule is CCCCCCCCCCCCCCCCCCNc1ccccc1CC(=O)O. The summed E-state index contributed by atoms with van der Waals surface area (Å²) in [4.78, 5) is 10.9. The second kappa shape index (κ2) is 18.5. The maximum atomic E-state index is 10.9. The molecule has 0 spiro atoms. The molecule has 29 heavy (non-hydrogen) atoms. The Balaban J connectivity index is 1.86. The number of carboxylic acids is 1. The van der Waals surface area contributed by atoms with Crippen LogP contribution >= 0.6 is 0 Å². The molecule has 0 radical (unpaired) electrons. The molecule has 1 aromatic carbocycles. The van der Waals surface area contributed by atoms with Gasteiger partial charge in [-0.15, -0.1) is 0 Å². The lowest BCUT2D eigenvalue weighted by atomic mass is 10.0. The van der Waals surface area contributed by atoms with Crippen LogP contribution in [0.3, 0.4) is 0 Å². The van der Waals surface area contributed by atoms with E-state index in [1.807, 2.05) is 24.3 Å². The molecular formula is C26H45NO2. The van der Waals surface area contributed by atoms with Crippen LogP contribution in [0.4, 0.5) is 5.69 Å². The predicted octanol–water partition coefficient (Wildman–Crippen LogP) is 7.99. The van der Waals surface area contributed by atoms with Gasteiger partial charge in [0.2, 0.25) is 0 Å². The Hall–Kier alpha value is -1.51. The molecule has 0 atom stereocenters. The van der Waals surface area contributed by atoms with Gasteiger partial charge in [-0.1, -0.05) is 121 Å². The molecule has 0 bridgehead atoms. The number of carbonyl (C=O) groups is 1. The second-order valence-electron chi connectivity index (χ2n) is 8.46. The highest BCUT2D eigenvalue weighted by atomic mass is 16.4. The zero-order valence-corrected chi connectivity index (χ0v) is 18.9. The summed E-state index contributed by atoms with van der Waals surface area (Å²) in [7, 11) is 0. The molecule has 0 saturated heterocycles. The number of carboxylic acid groups (broad SMARTS) is 1. The van der Waals surface area contributed by atoms with Crippen molar-refractivity contribution in [2.24, 2.45) is 0 Å². The van der Waals surface area contributed by atoms with Crippen molar-refractivity contribution in [1.82, 2.24) is 0 Å². The number of unbranched alkanes of at least 4 members (excludes halogenated alkanes) is 15. The third-order valence-corrected chi connectivity index (χ3v) is 5.70. The third-order valence-electron chi connectivity index (χ3n) is 5.70. The first-order valence-electron chi connectivity index (χ1n) is 12.3. The Kier molecular flexibility index (Phi) is 16.3. The number of hydrogen-bond acceptors (Lipinski definition) is 2. The number of rotatable bonds is 20. The second-order valence-corrected chi connectivity index (χ2v) is 8.46. The number of benzene rings is 1. The lowest BCUT2D eigenvalue weighted by Crippen LogP contribution is -2.07. The monoisotopic (exact) mass is 403 g/mol. The average Bonchev–Trinajstić information content (AvgIpc) is 2.71. The van der Waals surface area contributed by atoms with Gasteiger partial charge < -0.3 is 10.4 Å². The van der Waals surface area contributed by atoms with Crippen molar-refractivity contribution in [2.45, 2.75) is 116 Å². The molecule has 0 aliphatic carbocycles. The highest BCUT2D eigenvalue weighted by molar-refractivity contribution is 5.73. The van der Waals surface area contributed by atoms with Gasteiger partial charge in [-0.25, -0.2) is 0 Å². The van der Waals surface area contributed by atoms with Gasteiger partial charge in [-0.2, -0.15) is 0 Å². The van der Waals surface area contributed by atoms with Gasteiger partial charge in [0.1, 0.15) is 0 Å². The Morgan fingerprint density at radius 1 is 0.724 bits per heavy atom. The van der Waals surface area contributed by atoms with Crippen LogP contribution in [-0.2, 0) is 11.2 Å². The number of para-hydroxylation sites is 1. The molecule has 166 valence electrons. The van der Waals surface area contributed by atoms with E-state index in [1.54, 1.807) is 0 Å². The van der Waals surface area contributed by atoms with Crippen molar-refractivity contribution in [2.75, 3.05) is 11.9 Å². The van der Waals surface area contributed by atoms with Gasteiger partial charge in [0, 0.05) is 12.2 Å². The van der Waals surface area contributed by atoms with Crippen molar-refractivity contribution in [3.63, 3.8) is 0 Å². The molecule has 0 amide bonds. The van der Waals surface area contributed by atoms with Gasteiger partial charge in [0.05, 0.1) is 6.42 Å². The average molecular weight is 404 g/mol. The van der Waals surface area contributed by atoms with Crippen LogP contribution in [0.5, 0.6) is 0 Å². The first-order valence-corrected chi connectivity index (χ1v) is 12.3. The summed E-state index contributed by atoms with van der Waals surface area (Å²) in [5, 5.41) is 12.4. The summed E-state index contributed by atoms with van der Waals surface area (Å²) in [5.74, 6) is -0.776.